The molecule has 1 amide bonds. The maximum Gasteiger partial charge on any atom is 0.279 e. The summed E-state index contributed by atoms with van der Waals surface area (Å²) in [5.74, 6) is 0.555. The number of amides is 1. The number of likely N-dealkylation sites (N-methyl/N-ethyl adjacent to an activating group) is 1. The van der Waals surface area contributed by atoms with Crippen LogP contribution < -0.4 is 15.2 Å². The van der Waals surface area contributed by atoms with E-state index in [1.807, 2.05) is 11.0 Å². The largest absolute Gasteiger partial charge is 0.497 e. The zero-order chi connectivity index (χ0) is 19.7. The molecule has 2 heterocycles. The fourth-order valence-corrected chi connectivity index (χ4v) is 3.49. The van der Waals surface area contributed by atoms with E-state index >= 15 is 0 Å². The molecule has 0 bridgehead atoms. The van der Waals surface area contributed by atoms with Gasteiger partial charge in [-0.25, -0.2) is 0 Å². The fourth-order valence-electron chi connectivity index (χ4n) is 3.49. The van der Waals surface area contributed by atoms with Gasteiger partial charge in [-0.2, -0.15) is 9.78 Å². The number of methoxy groups -OCH3 is 1. The molecule has 7 nitrogen and oxygen atoms in total. The monoisotopic (exact) mass is 379 g/mol. The van der Waals surface area contributed by atoms with Gasteiger partial charge in [-0.1, -0.05) is 18.2 Å². The van der Waals surface area contributed by atoms with Gasteiger partial charge in [0.25, 0.3) is 11.5 Å². The molecule has 1 saturated heterocycles. The number of quaternary nitrogens is 1. The van der Waals surface area contributed by atoms with Gasteiger partial charge < -0.3 is 14.5 Å². The second kappa shape index (κ2) is 7.44. The van der Waals surface area contributed by atoms with Crippen molar-refractivity contribution in [1.29, 1.82) is 0 Å². The first kappa shape index (κ1) is 18.2. The number of rotatable bonds is 3. The highest BCUT2D eigenvalue weighted by Gasteiger charge is 2.26. The molecule has 1 aromatic heterocycles. The van der Waals surface area contributed by atoms with Gasteiger partial charge in [0.15, 0.2) is 5.69 Å². The van der Waals surface area contributed by atoms with Crippen molar-refractivity contribution in [2.75, 3.05) is 40.3 Å². The topological polar surface area (TPSA) is 68.9 Å². The number of piperazine rings is 1. The van der Waals surface area contributed by atoms with Crippen molar-refractivity contribution in [1.82, 2.24) is 14.7 Å². The number of hydrogen-bond acceptors (Lipinski definition) is 4. The highest BCUT2D eigenvalue weighted by molar-refractivity contribution is 6.04. The van der Waals surface area contributed by atoms with Crippen molar-refractivity contribution in [3.05, 3.63) is 64.6 Å². The van der Waals surface area contributed by atoms with Crippen LogP contribution in [0, 0.1) is 0 Å². The number of benzene rings is 2. The second-order valence-electron chi connectivity index (χ2n) is 7.06. The van der Waals surface area contributed by atoms with Gasteiger partial charge in [0, 0.05) is 5.39 Å². The third-order valence-electron chi connectivity index (χ3n) is 5.23. The number of hydrogen-bond donors (Lipinski definition) is 1. The van der Waals surface area contributed by atoms with Crippen molar-refractivity contribution < 1.29 is 14.4 Å². The Labute approximate surface area is 162 Å². The molecule has 0 radical (unpaired) electrons. The summed E-state index contributed by atoms with van der Waals surface area (Å²) in [5.41, 5.74) is 0.652. The molecular weight excluding hydrogens is 356 g/mol. The summed E-state index contributed by atoms with van der Waals surface area (Å²) < 4.78 is 6.49. The summed E-state index contributed by atoms with van der Waals surface area (Å²) >= 11 is 0. The van der Waals surface area contributed by atoms with E-state index in [2.05, 4.69) is 12.1 Å². The molecule has 1 aliphatic rings. The average molecular weight is 379 g/mol. The number of fused-ring (bicyclic) bond motifs is 1. The highest BCUT2D eigenvalue weighted by Crippen LogP contribution is 2.18. The van der Waals surface area contributed by atoms with Crippen LogP contribution in [0.25, 0.3) is 16.5 Å². The Bertz CT molecular complexity index is 1070. The molecular formula is C21H23N4O3+. The van der Waals surface area contributed by atoms with Crippen LogP contribution in [0.5, 0.6) is 5.75 Å². The normalized spacial score (nSPS) is 15.0. The van der Waals surface area contributed by atoms with Crippen molar-refractivity contribution in [2.45, 2.75) is 0 Å². The second-order valence-corrected chi connectivity index (χ2v) is 7.06. The van der Waals surface area contributed by atoms with Crippen LogP contribution in [0.1, 0.15) is 10.5 Å². The van der Waals surface area contributed by atoms with Crippen LogP contribution in [-0.4, -0.2) is 60.9 Å². The molecule has 0 spiro atoms. The first-order chi connectivity index (χ1) is 13.6. The molecule has 1 aliphatic heterocycles. The minimum atomic E-state index is -0.250. The Balaban J connectivity index is 1.84. The number of carbonyl (C=O) groups is 1. The molecule has 1 N–H and O–H groups in total. The summed E-state index contributed by atoms with van der Waals surface area (Å²) in [7, 11) is 3.71. The molecule has 144 valence electrons. The van der Waals surface area contributed by atoms with Crippen LogP contribution in [0.3, 0.4) is 0 Å². The zero-order valence-electron chi connectivity index (χ0n) is 16.0. The highest BCUT2D eigenvalue weighted by atomic mass is 16.5. The first-order valence-corrected chi connectivity index (χ1v) is 9.35. The van der Waals surface area contributed by atoms with Crippen molar-refractivity contribution in [2.24, 2.45) is 0 Å². The summed E-state index contributed by atoms with van der Waals surface area (Å²) in [6, 6.07) is 14.2. The van der Waals surface area contributed by atoms with Gasteiger partial charge in [0.2, 0.25) is 0 Å². The Morgan fingerprint density at radius 1 is 1.04 bits per heavy atom. The van der Waals surface area contributed by atoms with Gasteiger partial charge in [0.05, 0.1) is 51.4 Å². The summed E-state index contributed by atoms with van der Waals surface area (Å²) in [6.07, 6.45) is 0. The minimum Gasteiger partial charge on any atom is -0.497 e. The van der Waals surface area contributed by atoms with E-state index in [1.165, 1.54) is 9.58 Å². The van der Waals surface area contributed by atoms with Crippen molar-refractivity contribution in [3.8, 4) is 11.4 Å². The lowest BCUT2D eigenvalue weighted by molar-refractivity contribution is -0.883. The molecule has 0 atom stereocenters. The van der Waals surface area contributed by atoms with Crippen molar-refractivity contribution >= 4 is 16.7 Å². The number of nitrogens with one attached hydrogen (secondary N) is 1. The third-order valence-corrected chi connectivity index (χ3v) is 5.23. The zero-order valence-corrected chi connectivity index (χ0v) is 16.0. The Kier molecular flexibility index (Phi) is 4.83. The third kappa shape index (κ3) is 3.25. The van der Waals surface area contributed by atoms with Crippen LogP contribution in [0.4, 0.5) is 0 Å². The van der Waals surface area contributed by atoms with Gasteiger partial charge >= 0.3 is 0 Å². The maximum atomic E-state index is 13.2. The molecule has 1 fully saturated rings. The van der Waals surface area contributed by atoms with E-state index in [1.54, 1.807) is 49.6 Å². The summed E-state index contributed by atoms with van der Waals surface area (Å²) in [5, 5.41) is 5.56. The predicted octanol–water partition coefficient (Wildman–Crippen LogP) is 0.365. The number of ether oxygens (including phenoxy) is 1. The molecule has 0 saturated carbocycles. The Hall–Kier alpha value is -3.19. The van der Waals surface area contributed by atoms with Crippen LogP contribution >= 0.6 is 0 Å². The van der Waals surface area contributed by atoms with Crippen LogP contribution in [0.2, 0.25) is 0 Å². The molecule has 7 heteroatoms. The predicted molar refractivity (Wildman–Crippen MR) is 106 cm³/mol. The van der Waals surface area contributed by atoms with E-state index in [4.69, 9.17) is 4.74 Å². The lowest BCUT2D eigenvalue weighted by atomic mass is 10.1. The lowest BCUT2D eigenvalue weighted by Gasteiger charge is -2.30. The summed E-state index contributed by atoms with van der Waals surface area (Å²) in [4.78, 5) is 29.5. The molecule has 2 aromatic carbocycles. The van der Waals surface area contributed by atoms with E-state index in [0.29, 0.717) is 41.0 Å². The van der Waals surface area contributed by atoms with Gasteiger partial charge in [-0.15, -0.1) is 0 Å². The summed E-state index contributed by atoms with van der Waals surface area (Å²) in [6.45, 7) is 3.17. The van der Waals surface area contributed by atoms with E-state index in [0.717, 1.165) is 13.1 Å². The van der Waals surface area contributed by atoms with E-state index in [-0.39, 0.29) is 11.5 Å². The Morgan fingerprint density at radius 2 is 1.68 bits per heavy atom. The van der Waals surface area contributed by atoms with Gasteiger partial charge in [0.1, 0.15) is 5.75 Å². The van der Waals surface area contributed by atoms with Crippen molar-refractivity contribution in [3.63, 3.8) is 0 Å². The molecule has 0 aliphatic carbocycles. The SMILES string of the molecule is COc1ccc(-n2nc(C(=O)N3CC[NH+](C)CC3)c3ccccc3c2=O)cc1. The average Bonchev–Trinajstić information content (AvgIpc) is 2.74. The van der Waals surface area contributed by atoms with Crippen LogP contribution in [0.15, 0.2) is 53.3 Å². The smallest absolute Gasteiger partial charge is 0.279 e. The van der Waals surface area contributed by atoms with Gasteiger partial charge in [-0.05, 0) is 30.3 Å². The van der Waals surface area contributed by atoms with Gasteiger partial charge in [-0.3, -0.25) is 9.59 Å². The molecule has 3 aromatic rings. The Morgan fingerprint density at radius 3 is 2.32 bits per heavy atom. The number of carbonyl (C=O) groups excluding carboxylic acids is 1. The molecule has 4 rings (SSSR count). The molecule has 0 unspecified atom stereocenters. The standard InChI is InChI=1S/C21H22N4O3/c1-23-11-13-24(14-12-23)21(27)19-17-5-3-4-6-18(17)20(26)25(22-19)15-7-9-16(28-2)10-8-15/h3-10H,11-14H2,1-2H3/p+1. The number of aromatic nitrogens is 2. The maximum absolute atomic E-state index is 13.2. The molecule has 28 heavy (non-hydrogen) atoms. The number of nitrogens with zero attached hydrogens (tertiary/aromatic N) is 3. The van der Waals surface area contributed by atoms with E-state index < -0.39 is 0 Å². The lowest BCUT2D eigenvalue weighted by Crippen LogP contribution is -3.12. The first-order valence-electron chi connectivity index (χ1n) is 9.35. The minimum absolute atomic E-state index is 0.133. The fraction of sp³-hybridized carbons (Fsp3) is 0.286. The quantitative estimate of drug-likeness (QED) is 0.714. The van der Waals surface area contributed by atoms with E-state index in [9.17, 15) is 9.59 Å². The van der Waals surface area contributed by atoms with Crippen LogP contribution in [-0.2, 0) is 0 Å².